The molecule has 0 aromatic heterocycles. The van der Waals surface area contributed by atoms with Gasteiger partial charge >= 0.3 is 0 Å². The van der Waals surface area contributed by atoms with Crippen LogP contribution in [0.3, 0.4) is 0 Å². The molecule has 2 rings (SSSR count). The van der Waals surface area contributed by atoms with E-state index in [2.05, 4.69) is 15.8 Å². The number of anilines is 1. The molecule has 0 unspecified atom stereocenters. The SMILES string of the molecule is CC(=O)Nc1ccc(/C(C)=N\NC(=O)CSc2ccc(C)cc2)cc1. The molecule has 6 heteroatoms. The van der Waals surface area contributed by atoms with Gasteiger partial charge in [-0.3, -0.25) is 9.59 Å². The normalized spacial score (nSPS) is 11.1. The van der Waals surface area contributed by atoms with Gasteiger partial charge in [-0.1, -0.05) is 29.8 Å². The van der Waals surface area contributed by atoms with Crippen LogP contribution in [0.15, 0.2) is 58.5 Å². The molecule has 0 fully saturated rings. The zero-order valence-electron chi connectivity index (χ0n) is 14.5. The number of carbonyl (C=O) groups is 2. The monoisotopic (exact) mass is 355 g/mol. The third-order valence-corrected chi connectivity index (χ3v) is 4.37. The van der Waals surface area contributed by atoms with Gasteiger partial charge in [-0.05, 0) is 43.7 Å². The summed E-state index contributed by atoms with van der Waals surface area (Å²) in [5.41, 5.74) is 6.06. The Kier molecular flexibility index (Phi) is 6.77. The number of nitrogens with zero attached hydrogens (tertiary/aromatic N) is 1. The Hall–Kier alpha value is -2.60. The molecule has 2 N–H and O–H groups in total. The Morgan fingerprint density at radius 2 is 1.64 bits per heavy atom. The molecule has 0 bridgehead atoms. The average molecular weight is 355 g/mol. The predicted molar refractivity (Wildman–Crippen MR) is 103 cm³/mol. The molecule has 25 heavy (non-hydrogen) atoms. The fourth-order valence-corrected chi connectivity index (χ4v) is 2.72. The summed E-state index contributed by atoms with van der Waals surface area (Å²) in [4.78, 5) is 24.0. The maximum Gasteiger partial charge on any atom is 0.250 e. The lowest BCUT2D eigenvalue weighted by Crippen LogP contribution is -2.21. The molecule has 0 aliphatic carbocycles. The summed E-state index contributed by atoms with van der Waals surface area (Å²) in [6.07, 6.45) is 0. The lowest BCUT2D eigenvalue weighted by Gasteiger charge is -2.05. The fraction of sp³-hybridized carbons (Fsp3) is 0.211. The predicted octanol–water partition coefficient (Wildman–Crippen LogP) is 3.59. The van der Waals surface area contributed by atoms with Crippen LogP contribution in [0.5, 0.6) is 0 Å². The molecule has 0 heterocycles. The van der Waals surface area contributed by atoms with Gasteiger partial charge in [0.2, 0.25) is 11.8 Å². The number of hydrogen-bond acceptors (Lipinski definition) is 4. The summed E-state index contributed by atoms with van der Waals surface area (Å²) in [5.74, 6) is 0.0395. The van der Waals surface area contributed by atoms with Gasteiger partial charge in [0.25, 0.3) is 0 Å². The van der Waals surface area contributed by atoms with Crippen LogP contribution in [0.1, 0.15) is 25.0 Å². The number of aryl methyl sites for hydroxylation is 1. The van der Waals surface area contributed by atoms with Gasteiger partial charge in [-0.2, -0.15) is 5.10 Å². The molecule has 2 aromatic rings. The van der Waals surface area contributed by atoms with E-state index in [9.17, 15) is 9.59 Å². The van der Waals surface area contributed by atoms with E-state index in [1.807, 2.05) is 50.2 Å². The Bertz CT molecular complexity index is 768. The average Bonchev–Trinajstić information content (AvgIpc) is 2.59. The molecule has 0 spiro atoms. The Morgan fingerprint density at radius 3 is 2.24 bits per heavy atom. The summed E-state index contributed by atoms with van der Waals surface area (Å²) >= 11 is 1.47. The summed E-state index contributed by atoms with van der Waals surface area (Å²) in [6, 6.07) is 15.3. The second-order valence-electron chi connectivity index (χ2n) is 5.59. The number of benzene rings is 2. The number of thioether (sulfide) groups is 1. The molecule has 0 radical (unpaired) electrons. The highest BCUT2D eigenvalue weighted by molar-refractivity contribution is 8.00. The quantitative estimate of drug-likeness (QED) is 0.473. The van der Waals surface area contributed by atoms with Gasteiger partial charge < -0.3 is 5.32 Å². The molecule has 5 nitrogen and oxygen atoms in total. The molecular formula is C19H21N3O2S. The summed E-state index contributed by atoms with van der Waals surface area (Å²) in [5, 5.41) is 6.83. The lowest BCUT2D eigenvalue weighted by molar-refractivity contribution is -0.118. The lowest BCUT2D eigenvalue weighted by atomic mass is 10.1. The van der Waals surface area contributed by atoms with Crippen LogP contribution in [0.4, 0.5) is 5.69 Å². The van der Waals surface area contributed by atoms with Crippen molar-refractivity contribution in [2.24, 2.45) is 5.10 Å². The van der Waals surface area contributed by atoms with Crippen molar-refractivity contribution >= 4 is 35.0 Å². The van der Waals surface area contributed by atoms with Gasteiger partial charge in [0, 0.05) is 17.5 Å². The van der Waals surface area contributed by atoms with Gasteiger partial charge in [0.05, 0.1) is 11.5 Å². The van der Waals surface area contributed by atoms with Gasteiger partial charge in [0.1, 0.15) is 0 Å². The van der Waals surface area contributed by atoms with Crippen molar-refractivity contribution in [1.29, 1.82) is 0 Å². The van der Waals surface area contributed by atoms with Crippen LogP contribution in [0.2, 0.25) is 0 Å². The summed E-state index contributed by atoms with van der Waals surface area (Å²) in [7, 11) is 0. The smallest absolute Gasteiger partial charge is 0.250 e. The minimum atomic E-state index is -0.153. The summed E-state index contributed by atoms with van der Waals surface area (Å²) < 4.78 is 0. The molecular weight excluding hydrogens is 334 g/mol. The molecule has 0 saturated heterocycles. The van der Waals surface area contributed by atoms with Crippen LogP contribution < -0.4 is 10.7 Å². The third kappa shape index (κ3) is 6.43. The van der Waals surface area contributed by atoms with Crippen molar-refractivity contribution in [2.45, 2.75) is 25.7 Å². The highest BCUT2D eigenvalue weighted by Gasteiger charge is 2.04. The summed E-state index contributed by atoms with van der Waals surface area (Å²) in [6.45, 7) is 5.31. The van der Waals surface area contributed by atoms with Gasteiger partial charge in [0.15, 0.2) is 0 Å². The van der Waals surface area contributed by atoms with Crippen LogP contribution in [0.25, 0.3) is 0 Å². The highest BCUT2D eigenvalue weighted by atomic mass is 32.2. The van der Waals surface area contributed by atoms with E-state index >= 15 is 0 Å². The van der Waals surface area contributed by atoms with Crippen LogP contribution >= 0.6 is 11.8 Å². The highest BCUT2D eigenvalue weighted by Crippen LogP contribution is 2.17. The standard InChI is InChI=1S/C19H21N3O2S/c1-13-4-10-18(11-5-13)25-12-19(24)22-21-14(2)16-6-8-17(9-7-16)20-15(3)23/h4-11H,12H2,1-3H3,(H,20,23)(H,22,24)/b21-14-. The van der Waals surface area contributed by atoms with E-state index in [1.54, 1.807) is 12.1 Å². The fourth-order valence-electron chi connectivity index (χ4n) is 2.02. The molecule has 0 aliphatic rings. The number of hydrazone groups is 1. The molecule has 2 aromatic carbocycles. The number of nitrogens with one attached hydrogen (secondary N) is 2. The maximum atomic E-state index is 11.9. The Balaban J connectivity index is 1.86. The number of carbonyl (C=O) groups excluding carboxylic acids is 2. The van der Waals surface area contributed by atoms with E-state index in [-0.39, 0.29) is 11.8 Å². The second kappa shape index (κ2) is 9.03. The zero-order valence-corrected chi connectivity index (χ0v) is 15.3. The van der Waals surface area contributed by atoms with Crippen molar-refractivity contribution < 1.29 is 9.59 Å². The first-order valence-electron chi connectivity index (χ1n) is 7.84. The van der Waals surface area contributed by atoms with E-state index in [0.717, 1.165) is 16.1 Å². The molecule has 0 atom stereocenters. The van der Waals surface area contributed by atoms with Crippen molar-refractivity contribution in [3.63, 3.8) is 0 Å². The van der Waals surface area contributed by atoms with Gasteiger partial charge in [-0.15, -0.1) is 11.8 Å². The van der Waals surface area contributed by atoms with Crippen LogP contribution in [0, 0.1) is 6.92 Å². The van der Waals surface area contributed by atoms with Crippen LogP contribution in [-0.2, 0) is 9.59 Å². The van der Waals surface area contributed by atoms with Crippen molar-refractivity contribution in [2.75, 3.05) is 11.1 Å². The first-order chi connectivity index (χ1) is 11.9. The van der Waals surface area contributed by atoms with Gasteiger partial charge in [-0.25, -0.2) is 5.43 Å². The molecule has 0 saturated carbocycles. The van der Waals surface area contributed by atoms with Crippen molar-refractivity contribution in [1.82, 2.24) is 5.43 Å². The van der Waals surface area contributed by atoms with Crippen molar-refractivity contribution in [3.05, 3.63) is 59.7 Å². The zero-order chi connectivity index (χ0) is 18.2. The minimum absolute atomic E-state index is 0.114. The second-order valence-corrected chi connectivity index (χ2v) is 6.64. The maximum absolute atomic E-state index is 11.9. The van der Waals surface area contributed by atoms with E-state index in [4.69, 9.17) is 0 Å². The minimum Gasteiger partial charge on any atom is -0.326 e. The number of amides is 2. The number of hydrogen-bond donors (Lipinski definition) is 2. The first-order valence-corrected chi connectivity index (χ1v) is 8.83. The third-order valence-electron chi connectivity index (χ3n) is 3.36. The van der Waals surface area contributed by atoms with E-state index in [1.165, 1.54) is 24.2 Å². The van der Waals surface area contributed by atoms with E-state index < -0.39 is 0 Å². The molecule has 0 aliphatic heterocycles. The van der Waals surface area contributed by atoms with Crippen LogP contribution in [-0.4, -0.2) is 23.3 Å². The Morgan fingerprint density at radius 1 is 1.00 bits per heavy atom. The molecule has 130 valence electrons. The van der Waals surface area contributed by atoms with Crippen molar-refractivity contribution in [3.8, 4) is 0 Å². The Labute approximate surface area is 151 Å². The molecule has 2 amide bonds. The van der Waals surface area contributed by atoms with E-state index in [0.29, 0.717) is 11.5 Å². The first kappa shape index (κ1) is 18.7. The number of rotatable bonds is 6. The topological polar surface area (TPSA) is 70.6 Å². The largest absolute Gasteiger partial charge is 0.326 e.